The molecule has 0 radical (unpaired) electrons. The monoisotopic (exact) mass is 206 g/mol. The van der Waals surface area contributed by atoms with Crippen molar-refractivity contribution in [1.82, 2.24) is 10.2 Å². The van der Waals surface area contributed by atoms with E-state index < -0.39 is 0 Å². The minimum atomic E-state index is 0.0000954. The Morgan fingerprint density at radius 3 is 2.60 bits per heavy atom. The molecule has 0 aromatic heterocycles. The maximum atomic E-state index is 11.6. The lowest BCUT2D eigenvalue weighted by atomic mass is 10.2. The molecule has 0 aliphatic rings. The fourth-order valence-corrected chi connectivity index (χ4v) is 1.21. The molecule has 15 heavy (non-hydrogen) atoms. The van der Waals surface area contributed by atoms with Gasteiger partial charge >= 0.3 is 0 Å². The third kappa shape index (κ3) is 4.13. The van der Waals surface area contributed by atoms with Crippen LogP contribution in [-0.2, 0) is 0 Å². The Morgan fingerprint density at radius 2 is 2.00 bits per heavy atom. The number of nitrogens with one attached hydrogen (secondary N) is 1. The first-order chi connectivity index (χ1) is 7.24. The van der Waals surface area contributed by atoms with E-state index in [1.807, 2.05) is 37.4 Å². The predicted octanol–water partition coefficient (Wildman–Crippen LogP) is 1.37. The number of likely N-dealkylation sites (N-methyl/N-ethyl adjacent to an activating group) is 1. The zero-order valence-corrected chi connectivity index (χ0v) is 9.36. The molecule has 1 amide bonds. The van der Waals surface area contributed by atoms with Gasteiger partial charge in [0.05, 0.1) is 0 Å². The van der Waals surface area contributed by atoms with Crippen molar-refractivity contribution in [2.24, 2.45) is 0 Å². The van der Waals surface area contributed by atoms with Gasteiger partial charge in [-0.3, -0.25) is 4.79 Å². The van der Waals surface area contributed by atoms with Gasteiger partial charge in [-0.1, -0.05) is 25.1 Å². The van der Waals surface area contributed by atoms with E-state index in [4.69, 9.17) is 0 Å². The van der Waals surface area contributed by atoms with Crippen LogP contribution in [-0.4, -0.2) is 37.5 Å². The summed E-state index contributed by atoms with van der Waals surface area (Å²) in [5.74, 6) is 0.0000954. The van der Waals surface area contributed by atoms with Gasteiger partial charge < -0.3 is 10.2 Å². The van der Waals surface area contributed by atoms with Crippen LogP contribution < -0.4 is 5.32 Å². The van der Waals surface area contributed by atoms with Crippen LogP contribution in [0.4, 0.5) is 0 Å². The highest BCUT2D eigenvalue weighted by Gasteiger charge is 2.03. The van der Waals surface area contributed by atoms with Crippen molar-refractivity contribution < 1.29 is 4.79 Å². The van der Waals surface area contributed by atoms with Gasteiger partial charge in [0.15, 0.2) is 0 Å². The van der Waals surface area contributed by atoms with E-state index in [0.717, 1.165) is 18.7 Å². The summed E-state index contributed by atoms with van der Waals surface area (Å²) in [6.07, 6.45) is 0. The standard InChI is InChI=1S/C12H18N2O/c1-3-14(2)10-9-13-12(15)11-7-5-4-6-8-11/h4-8H,3,9-10H2,1-2H3,(H,13,15). The van der Waals surface area contributed by atoms with Gasteiger partial charge in [0.1, 0.15) is 0 Å². The number of hydrogen-bond acceptors (Lipinski definition) is 2. The summed E-state index contributed by atoms with van der Waals surface area (Å²) in [5, 5.41) is 2.88. The molecule has 0 heterocycles. The zero-order chi connectivity index (χ0) is 11.1. The predicted molar refractivity (Wildman–Crippen MR) is 61.9 cm³/mol. The van der Waals surface area contributed by atoms with Crippen molar-refractivity contribution in [3.05, 3.63) is 35.9 Å². The molecular weight excluding hydrogens is 188 g/mol. The lowest BCUT2D eigenvalue weighted by molar-refractivity contribution is 0.0950. The summed E-state index contributed by atoms with van der Waals surface area (Å²) in [6.45, 7) is 4.67. The Hall–Kier alpha value is -1.35. The molecule has 1 aromatic carbocycles. The van der Waals surface area contributed by atoms with Gasteiger partial charge in [-0.25, -0.2) is 0 Å². The average Bonchev–Trinajstić information content (AvgIpc) is 2.29. The number of carbonyl (C=O) groups excluding carboxylic acids is 1. The highest BCUT2D eigenvalue weighted by Crippen LogP contribution is 1.97. The summed E-state index contributed by atoms with van der Waals surface area (Å²) in [5.41, 5.74) is 0.719. The molecule has 0 fully saturated rings. The third-order valence-corrected chi connectivity index (χ3v) is 2.35. The Morgan fingerprint density at radius 1 is 1.33 bits per heavy atom. The van der Waals surface area contributed by atoms with Crippen molar-refractivity contribution in [2.75, 3.05) is 26.7 Å². The summed E-state index contributed by atoms with van der Waals surface area (Å²) < 4.78 is 0. The Kier molecular flexibility index (Phi) is 4.84. The van der Waals surface area contributed by atoms with Crippen LogP contribution in [0.5, 0.6) is 0 Å². The topological polar surface area (TPSA) is 32.3 Å². The smallest absolute Gasteiger partial charge is 0.251 e. The first-order valence-electron chi connectivity index (χ1n) is 5.26. The second kappa shape index (κ2) is 6.19. The molecule has 0 saturated heterocycles. The number of hydrogen-bond donors (Lipinski definition) is 1. The Bertz CT molecular complexity index is 298. The highest BCUT2D eigenvalue weighted by atomic mass is 16.1. The summed E-state index contributed by atoms with van der Waals surface area (Å²) >= 11 is 0. The van der Waals surface area contributed by atoms with E-state index in [9.17, 15) is 4.79 Å². The van der Waals surface area contributed by atoms with Crippen LogP contribution in [0, 0.1) is 0 Å². The molecule has 0 bridgehead atoms. The van der Waals surface area contributed by atoms with E-state index >= 15 is 0 Å². The maximum Gasteiger partial charge on any atom is 0.251 e. The van der Waals surface area contributed by atoms with Gasteiger partial charge in [0.2, 0.25) is 0 Å². The van der Waals surface area contributed by atoms with Crippen molar-refractivity contribution in [1.29, 1.82) is 0 Å². The van der Waals surface area contributed by atoms with E-state index in [0.29, 0.717) is 6.54 Å². The van der Waals surface area contributed by atoms with Crippen molar-refractivity contribution in [3.63, 3.8) is 0 Å². The summed E-state index contributed by atoms with van der Waals surface area (Å²) in [4.78, 5) is 13.7. The molecule has 3 heteroatoms. The lowest BCUT2D eigenvalue weighted by Crippen LogP contribution is -2.32. The number of rotatable bonds is 5. The number of benzene rings is 1. The van der Waals surface area contributed by atoms with Crippen LogP contribution >= 0.6 is 0 Å². The van der Waals surface area contributed by atoms with Crippen LogP contribution in [0.2, 0.25) is 0 Å². The van der Waals surface area contributed by atoms with Crippen molar-refractivity contribution in [2.45, 2.75) is 6.92 Å². The highest BCUT2D eigenvalue weighted by molar-refractivity contribution is 5.94. The minimum Gasteiger partial charge on any atom is -0.351 e. The van der Waals surface area contributed by atoms with Gasteiger partial charge in [0.25, 0.3) is 5.91 Å². The fourth-order valence-electron chi connectivity index (χ4n) is 1.21. The molecule has 1 N–H and O–H groups in total. The maximum absolute atomic E-state index is 11.6. The van der Waals surface area contributed by atoms with E-state index in [1.54, 1.807) is 0 Å². The van der Waals surface area contributed by atoms with Gasteiger partial charge in [-0.05, 0) is 25.7 Å². The van der Waals surface area contributed by atoms with E-state index in [1.165, 1.54) is 0 Å². The zero-order valence-electron chi connectivity index (χ0n) is 9.36. The quantitative estimate of drug-likeness (QED) is 0.789. The first-order valence-corrected chi connectivity index (χ1v) is 5.26. The molecule has 3 nitrogen and oxygen atoms in total. The average molecular weight is 206 g/mol. The number of amides is 1. The van der Waals surface area contributed by atoms with Crippen LogP contribution in [0.3, 0.4) is 0 Å². The van der Waals surface area contributed by atoms with Gasteiger partial charge in [-0.2, -0.15) is 0 Å². The number of carbonyl (C=O) groups is 1. The second-order valence-electron chi connectivity index (χ2n) is 3.52. The van der Waals surface area contributed by atoms with Gasteiger partial charge in [0, 0.05) is 18.7 Å². The van der Waals surface area contributed by atoms with Crippen molar-refractivity contribution >= 4 is 5.91 Å². The summed E-state index contributed by atoms with van der Waals surface area (Å²) in [6, 6.07) is 9.28. The Labute approximate surface area is 91.1 Å². The molecule has 0 aliphatic heterocycles. The summed E-state index contributed by atoms with van der Waals surface area (Å²) in [7, 11) is 2.04. The molecule has 82 valence electrons. The Balaban J connectivity index is 2.31. The fraction of sp³-hybridized carbons (Fsp3) is 0.417. The SMILES string of the molecule is CCN(C)CCNC(=O)c1ccccc1. The molecular formula is C12H18N2O. The van der Waals surface area contributed by atoms with Crippen LogP contribution in [0.25, 0.3) is 0 Å². The van der Waals surface area contributed by atoms with E-state index in [-0.39, 0.29) is 5.91 Å². The third-order valence-electron chi connectivity index (χ3n) is 2.35. The first kappa shape index (κ1) is 11.7. The molecule has 0 spiro atoms. The van der Waals surface area contributed by atoms with Crippen LogP contribution in [0.15, 0.2) is 30.3 Å². The van der Waals surface area contributed by atoms with Crippen LogP contribution in [0.1, 0.15) is 17.3 Å². The second-order valence-corrected chi connectivity index (χ2v) is 3.52. The number of nitrogens with zero attached hydrogens (tertiary/aromatic N) is 1. The molecule has 0 saturated carbocycles. The molecule has 0 unspecified atom stereocenters. The molecule has 1 aromatic rings. The normalized spacial score (nSPS) is 10.3. The lowest BCUT2D eigenvalue weighted by Gasteiger charge is -2.13. The minimum absolute atomic E-state index is 0.0000954. The molecule has 0 atom stereocenters. The van der Waals surface area contributed by atoms with E-state index in [2.05, 4.69) is 17.1 Å². The van der Waals surface area contributed by atoms with Gasteiger partial charge in [-0.15, -0.1) is 0 Å². The molecule has 0 aliphatic carbocycles. The van der Waals surface area contributed by atoms with Crippen molar-refractivity contribution in [3.8, 4) is 0 Å². The molecule has 1 rings (SSSR count). The largest absolute Gasteiger partial charge is 0.351 e.